The maximum Gasteiger partial charge on any atom is 0.245 e. The molecule has 1 aliphatic rings. The van der Waals surface area contributed by atoms with Gasteiger partial charge in [0.1, 0.15) is 6.04 Å². The van der Waals surface area contributed by atoms with Gasteiger partial charge in [-0.15, -0.1) is 0 Å². The van der Waals surface area contributed by atoms with E-state index in [-0.39, 0.29) is 11.8 Å². The van der Waals surface area contributed by atoms with Crippen LogP contribution < -0.4 is 10.2 Å². The molecule has 0 spiro atoms. The molecule has 0 saturated carbocycles. The summed E-state index contributed by atoms with van der Waals surface area (Å²) in [6.07, 6.45) is 3.07. The third kappa shape index (κ3) is 5.82. The molecular formula is C18H26ClN3O2S. The molecule has 25 heavy (non-hydrogen) atoms. The van der Waals surface area contributed by atoms with E-state index < -0.39 is 6.04 Å². The maximum absolute atomic E-state index is 12.8. The predicted molar refractivity (Wildman–Crippen MR) is 105 cm³/mol. The van der Waals surface area contributed by atoms with Crippen LogP contribution in [0.4, 0.5) is 5.69 Å². The van der Waals surface area contributed by atoms with Crippen LogP contribution in [0.5, 0.6) is 0 Å². The lowest BCUT2D eigenvalue weighted by molar-refractivity contribution is -0.136. The van der Waals surface area contributed by atoms with E-state index >= 15 is 0 Å². The number of nitrogens with one attached hydrogen (secondary N) is 1. The Labute approximate surface area is 159 Å². The Morgan fingerprint density at radius 2 is 2.00 bits per heavy atom. The Morgan fingerprint density at radius 3 is 2.60 bits per heavy atom. The number of carbonyl (C=O) groups excluding carboxylic acids is 2. The summed E-state index contributed by atoms with van der Waals surface area (Å²) in [5.74, 6) is 0.807. The molecule has 1 aromatic rings. The first-order valence-corrected chi connectivity index (χ1v) is 10.4. The Hall–Kier alpha value is -1.40. The summed E-state index contributed by atoms with van der Waals surface area (Å²) in [5, 5.41) is 3.59. The van der Waals surface area contributed by atoms with E-state index in [1.54, 1.807) is 18.7 Å². The van der Waals surface area contributed by atoms with Gasteiger partial charge in [0, 0.05) is 43.3 Å². The molecule has 1 atom stereocenters. The number of nitrogens with zero attached hydrogens (tertiary/aromatic N) is 2. The van der Waals surface area contributed by atoms with Crippen LogP contribution in [-0.4, -0.2) is 60.9 Å². The first kappa shape index (κ1) is 19.9. The molecule has 2 amide bonds. The van der Waals surface area contributed by atoms with Gasteiger partial charge in [0.2, 0.25) is 11.8 Å². The van der Waals surface area contributed by atoms with Gasteiger partial charge < -0.3 is 15.1 Å². The fourth-order valence-electron chi connectivity index (χ4n) is 2.87. The topological polar surface area (TPSA) is 52.7 Å². The third-order valence-electron chi connectivity index (χ3n) is 4.33. The van der Waals surface area contributed by atoms with E-state index in [0.717, 1.165) is 29.6 Å². The lowest BCUT2D eigenvalue weighted by Gasteiger charge is -2.37. The highest BCUT2D eigenvalue weighted by Gasteiger charge is 2.28. The van der Waals surface area contributed by atoms with Gasteiger partial charge in [-0.3, -0.25) is 9.59 Å². The minimum absolute atomic E-state index is 0.0293. The van der Waals surface area contributed by atoms with Gasteiger partial charge in [-0.05, 0) is 36.6 Å². The van der Waals surface area contributed by atoms with Crippen molar-refractivity contribution in [3.05, 3.63) is 29.3 Å². The van der Waals surface area contributed by atoms with Crippen molar-refractivity contribution < 1.29 is 9.59 Å². The molecule has 5 nitrogen and oxygen atoms in total. The quantitative estimate of drug-likeness (QED) is 0.786. The third-order valence-corrected chi connectivity index (χ3v) is 5.21. The molecule has 2 rings (SSSR count). The number of carbonyl (C=O) groups is 2. The van der Waals surface area contributed by atoms with Crippen LogP contribution in [0.2, 0.25) is 5.02 Å². The second-order valence-corrected chi connectivity index (χ2v) is 7.47. The SMILES string of the molecule is CCC(=O)N[C@H](CCSC)C(=O)N1CCN(c2cccc(Cl)c2)CC1. The molecule has 1 fully saturated rings. The highest BCUT2D eigenvalue weighted by molar-refractivity contribution is 7.98. The van der Waals surface area contributed by atoms with Gasteiger partial charge in [-0.2, -0.15) is 11.8 Å². The lowest BCUT2D eigenvalue weighted by atomic mass is 10.1. The number of thioether (sulfide) groups is 1. The normalized spacial score (nSPS) is 15.8. The molecule has 0 aliphatic carbocycles. The molecule has 138 valence electrons. The summed E-state index contributed by atoms with van der Waals surface area (Å²) in [7, 11) is 0. The van der Waals surface area contributed by atoms with Crippen LogP contribution in [0.25, 0.3) is 0 Å². The summed E-state index contributed by atoms with van der Waals surface area (Å²) in [4.78, 5) is 28.6. The molecule has 1 saturated heterocycles. The highest BCUT2D eigenvalue weighted by Crippen LogP contribution is 2.21. The van der Waals surface area contributed by atoms with Crippen LogP contribution in [0.1, 0.15) is 19.8 Å². The van der Waals surface area contributed by atoms with E-state index in [0.29, 0.717) is 25.9 Å². The number of hydrogen-bond donors (Lipinski definition) is 1. The average Bonchev–Trinajstić information content (AvgIpc) is 2.64. The zero-order valence-corrected chi connectivity index (χ0v) is 16.4. The van der Waals surface area contributed by atoms with Gasteiger partial charge in [0.15, 0.2) is 0 Å². The molecular weight excluding hydrogens is 358 g/mol. The van der Waals surface area contributed by atoms with E-state index in [1.165, 1.54) is 0 Å². The van der Waals surface area contributed by atoms with Gasteiger partial charge in [-0.1, -0.05) is 24.6 Å². The summed E-state index contributed by atoms with van der Waals surface area (Å²) < 4.78 is 0. The smallest absolute Gasteiger partial charge is 0.245 e. The highest BCUT2D eigenvalue weighted by atomic mass is 35.5. The van der Waals surface area contributed by atoms with Crippen molar-refractivity contribution in [3.8, 4) is 0 Å². The van der Waals surface area contributed by atoms with Crippen molar-refractivity contribution in [2.75, 3.05) is 43.1 Å². The Bertz CT molecular complexity index is 591. The Morgan fingerprint density at radius 1 is 1.28 bits per heavy atom. The second kappa shape index (κ2) is 9.92. The molecule has 0 bridgehead atoms. The van der Waals surface area contributed by atoms with Crippen LogP contribution in [-0.2, 0) is 9.59 Å². The maximum atomic E-state index is 12.8. The number of benzene rings is 1. The standard InChI is InChI=1S/C18H26ClN3O2S/c1-3-17(23)20-16(7-12-25-2)18(24)22-10-8-21(9-11-22)15-6-4-5-14(19)13-15/h4-6,13,16H,3,7-12H2,1-2H3,(H,20,23)/t16-/m1/s1. The molecule has 1 aliphatic heterocycles. The first-order valence-electron chi connectivity index (χ1n) is 8.62. The number of hydrogen-bond acceptors (Lipinski definition) is 4. The van der Waals surface area contributed by atoms with Crippen molar-refractivity contribution in [1.29, 1.82) is 0 Å². The molecule has 1 N–H and O–H groups in total. The van der Waals surface area contributed by atoms with E-state index in [2.05, 4.69) is 10.2 Å². The van der Waals surface area contributed by atoms with Crippen molar-refractivity contribution in [1.82, 2.24) is 10.2 Å². The first-order chi connectivity index (χ1) is 12.0. The molecule has 7 heteroatoms. The number of piperazine rings is 1. The van der Waals surface area contributed by atoms with Gasteiger partial charge >= 0.3 is 0 Å². The number of halogens is 1. The number of amides is 2. The lowest BCUT2D eigenvalue weighted by Crippen LogP contribution is -2.55. The monoisotopic (exact) mass is 383 g/mol. The second-order valence-electron chi connectivity index (χ2n) is 6.05. The largest absolute Gasteiger partial charge is 0.368 e. The van der Waals surface area contributed by atoms with Crippen molar-refractivity contribution >= 4 is 40.9 Å². The molecule has 1 heterocycles. The van der Waals surface area contributed by atoms with E-state index in [9.17, 15) is 9.59 Å². The van der Waals surface area contributed by atoms with Crippen molar-refractivity contribution in [2.45, 2.75) is 25.8 Å². The van der Waals surface area contributed by atoms with Crippen LogP contribution in [0.15, 0.2) is 24.3 Å². The Kier molecular flexibility index (Phi) is 7.90. The molecule has 0 radical (unpaired) electrons. The van der Waals surface area contributed by atoms with Gasteiger partial charge in [0.25, 0.3) is 0 Å². The predicted octanol–water partition coefficient (Wildman–Crippen LogP) is 2.64. The van der Waals surface area contributed by atoms with Crippen molar-refractivity contribution in [3.63, 3.8) is 0 Å². The van der Waals surface area contributed by atoms with Gasteiger partial charge in [-0.25, -0.2) is 0 Å². The molecule has 0 aromatic heterocycles. The van der Waals surface area contributed by atoms with E-state index in [4.69, 9.17) is 11.6 Å². The minimum Gasteiger partial charge on any atom is -0.368 e. The minimum atomic E-state index is -0.419. The van der Waals surface area contributed by atoms with Crippen LogP contribution in [0, 0.1) is 0 Å². The molecule has 0 unspecified atom stereocenters. The summed E-state index contributed by atoms with van der Waals surface area (Å²) >= 11 is 7.75. The number of anilines is 1. The zero-order valence-electron chi connectivity index (χ0n) is 14.8. The van der Waals surface area contributed by atoms with E-state index in [1.807, 2.05) is 35.4 Å². The Balaban J connectivity index is 1.94. The zero-order chi connectivity index (χ0) is 18.2. The summed E-state index contributed by atoms with van der Waals surface area (Å²) in [6.45, 7) is 4.65. The van der Waals surface area contributed by atoms with Gasteiger partial charge in [0.05, 0.1) is 0 Å². The van der Waals surface area contributed by atoms with Crippen LogP contribution >= 0.6 is 23.4 Å². The average molecular weight is 384 g/mol. The fraction of sp³-hybridized carbons (Fsp3) is 0.556. The van der Waals surface area contributed by atoms with Crippen molar-refractivity contribution in [2.24, 2.45) is 0 Å². The molecule has 1 aromatic carbocycles. The number of rotatable bonds is 7. The van der Waals surface area contributed by atoms with Crippen LogP contribution in [0.3, 0.4) is 0 Å². The summed E-state index contributed by atoms with van der Waals surface area (Å²) in [5.41, 5.74) is 1.08. The fourth-order valence-corrected chi connectivity index (χ4v) is 3.52. The summed E-state index contributed by atoms with van der Waals surface area (Å²) in [6, 6.07) is 7.36.